The molecule has 0 aromatic carbocycles. The lowest BCUT2D eigenvalue weighted by molar-refractivity contribution is 0.120. The first kappa shape index (κ1) is 12.7. The Bertz CT molecular complexity index is 310. The minimum Gasteiger partial charge on any atom is -0.468 e. The lowest BCUT2D eigenvalue weighted by Gasteiger charge is -2.35. The van der Waals surface area contributed by atoms with Gasteiger partial charge in [-0.1, -0.05) is 19.8 Å². The Morgan fingerprint density at radius 2 is 2.35 bits per heavy atom. The fraction of sp³-hybridized carbons (Fsp3) is 0.714. The Balaban J connectivity index is 2.15. The maximum Gasteiger partial charge on any atom is 0.122 e. The summed E-state index contributed by atoms with van der Waals surface area (Å²) in [5.74, 6) is 1.02. The Kier molecular flexibility index (Phi) is 4.63. The van der Waals surface area contributed by atoms with Crippen LogP contribution in [-0.4, -0.2) is 24.0 Å². The first-order valence-electron chi connectivity index (χ1n) is 6.86. The monoisotopic (exact) mass is 236 g/mol. The molecule has 1 aromatic heterocycles. The van der Waals surface area contributed by atoms with Crippen molar-refractivity contribution >= 4 is 0 Å². The molecule has 96 valence electrons. The van der Waals surface area contributed by atoms with Gasteiger partial charge in [-0.2, -0.15) is 0 Å². The molecule has 0 aliphatic carbocycles. The van der Waals surface area contributed by atoms with Crippen molar-refractivity contribution in [1.82, 2.24) is 4.90 Å². The molecule has 1 fully saturated rings. The fourth-order valence-corrected chi connectivity index (χ4v) is 2.94. The summed E-state index contributed by atoms with van der Waals surface area (Å²) >= 11 is 0. The van der Waals surface area contributed by atoms with Crippen LogP contribution in [0.1, 0.15) is 50.8 Å². The topological polar surface area (TPSA) is 42.4 Å². The van der Waals surface area contributed by atoms with Gasteiger partial charge in [-0.15, -0.1) is 0 Å². The summed E-state index contributed by atoms with van der Waals surface area (Å²) in [7, 11) is 0. The van der Waals surface area contributed by atoms with Gasteiger partial charge in [0.2, 0.25) is 0 Å². The van der Waals surface area contributed by atoms with E-state index in [0.717, 1.165) is 12.3 Å². The molecule has 2 rings (SSSR count). The number of hydrogen-bond donors (Lipinski definition) is 1. The Morgan fingerprint density at radius 1 is 1.47 bits per heavy atom. The van der Waals surface area contributed by atoms with Crippen molar-refractivity contribution in [3.8, 4) is 0 Å². The van der Waals surface area contributed by atoms with Crippen LogP contribution in [0.25, 0.3) is 0 Å². The highest BCUT2D eigenvalue weighted by molar-refractivity contribution is 5.06. The van der Waals surface area contributed by atoms with Gasteiger partial charge in [0.1, 0.15) is 5.76 Å². The summed E-state index contributed by atoms with van der Waals surface area (Å²) < 4.78 is 5.55. The maximum absolute atomic E-state index is 5.96. The SMILES string of the molecule is CCC1CCCCCN1C(CN)c1ccco1. The minimum atomic E-state index is 0.257. The van der Waals surface area contributed by atoms with Gasteiger partial charge in [-0.3, -0.25) is 4.90 Å². The normalized spacial score (nSPS) is 24.5. The van der Waals surface area contributed by atoms with Crippen LogP contribution in [0.4, 0.5) is 0 Å². The molecular weight excluding hydrogens is 212 g/mol. The number of nitrogens with two attached hydrogens (primary N) is 1. The standard InChI is InChI=1S/C14H24N2O/c1-2-12-7-4-3-5-9-16(12)13(11-15)14-8-6-10-17-14/h6,8,10,12-13H,2-5,7,9,11,15H2,1H3. The molecule has 2 atom stereocenters. The molecule has 2 N–H and O–H groups in total. The Morgan fingerprint density at radius 3 is 3.00 bits per heavy atom. The van der Waals surface area contributed by atoms with E-state index in [-0.39, 0.29) is 6.04 Å². The van der Waals surface area contributed by atoms with E-state index in [1.54, 1.807) is 6.26 Å². The third-order valence-corrected chi connectivity index (χ3v) is 3.89. The second-order valence-corrected chi connectivity index (χ2v) is 4.92. The Labute approximate surface area is 104 Å². The van der Waals surface area contributed by atoms with Crippen LogP contribution in [0.15, 0.2) is 22.8 Å². The van der Waals surface area contributed by atoms with Gasteiger partial charge in [0.15, 0.2) is 0 Å². The highest BCUT2D eigenvalue weighted by Crippen LogP contribution is 2.28. The van der Waals surface area contributed by atoms with Gasteiger partial charge < -0.3 is 10.2 Å². The van der Waals surface area contributed by atoms with Crippen LogP contribution >= 0.6 is 0 Å². The lowest BCUT2D eigenvalue weighted by atomic mass is 10.0. The van der Waals surface area contributed by atoms with Crippen molar-refractivity contribution in [3.05, 3.63) is 24.2 Å². The molecule has 0 bridgehead atoms. The van der Waals surface area contributed by atoms with Gasteiger partial charge in [0.25, 0.3) is 0 Å². The van der Waals surface area contributed by atoms with Crippen LogP contribution in [0.3, 0.4) is 0 Å². The van der Waals surface area contributed by atoms with Gasteiger partial charge in [0, 0.05) is 12.6 Å². The number of rotatable bonds is 4. The van der Waals surface area contributed by atoms with Gasteiger partial charge in [-0.05, 0) is 37.9 Å². The fourth-order valence-electron chi connectivity index (χ4n) is 2.94. The number of nitrogens with zero attached hydrogens (tertiary/aromatic N) is 1. The summed E-state index contributed by atoms with van der Waals surface area (Å²) in [4.78, 5) is 2.56. The molecule has 1 aliphatic heterocycles. The summed E-state index contributed by atoms with van der Waals surface area (Å²) in [6.45, 7) is 4.07. The Hall–Kier alpha value is -0.800. The van der Waals surface area contributed by atoms with Crippen LogP contribution in [0.2, 0.25) is 0 Å². The molecule has 2 heterocycles. The number of hydrogen-bond acceptors (Lipinski definition) is 3. The summed E-state index contributed by atoms with van der Waals surface area (Å²) in [6.07, 6.45) is 8.24. The third kappa shape index (κ3) is 2.90. The highest BCUT2D eigenvalue weighted by Gasteiger charge is 2.28. The molecule has 3 nitrogen and oxygen atoms in total. The number of likely N-dealkylation sites (tertiary alicyclic amines) is 1. The lowest BCUT2D eigenvalue weighted by Crippen LogP contribution is -2.40. The zero-order chi connectivity index (χ0) is 12.1. The molecule has 0 amide bonds. The average molecular weight is 236 g/mol. The molecule has 1 aliphatic rings. The smallest absolute Gasteiger partial charge is 0.122 e. The largest absolute Gasteiger partial charge is 0.468 e. The van der Waals surface area contributed by atoms with E-state index in [2.05, 4.69) is 17.9 Å². The zero-order valence-corrected chi connectivity index (χ0v) is 10.8. The van der Waals surface area contributed by atoms with Gasteiger partial charge >= 0.3 is 0 Å². The van der Waals surface area contributed by atoms with Gasteiger partial charge in [0.05, 0.1) is 12.3 Å². The van der Waals surface area contributed by atoms with E-state index in [4.69, 9.17) is 10.2 Å². The van der Waals surface area contributed by atoms with E-state index in [1.807, 2.05) is 6.07 Å². The van der Waals surface area contributed by atoms with E-state index in [0.29, 0.717) is 12.6 Å². The molecule has 1 aromatic rings. The summed E-state index contributed by atoms with van der Waals surface area (Å²) in [5, 5.41) is 0. The second kappa shape index (κ2) is 6.22. The van der Waals surface area contributed by atoms with Crippen LogP contribution < -0.4 is 5.73 Å². The van der Waals surface area contributed by atoms with E-state index in [9.17, 15) is 0 Å². The highest BCUT2D eigenvalue weighted by atomic mass is 16.3. The minimum absolute atomic E-state index is 0.257. The summed E-state index contributed by atoms with van der Waals surface area (Å²) in [5.41, 5.74) is 5.96. The molecule has 0 spiro atoms. The second-order valence-electron chi connectivity index (χ2n) is 4.92. The predicted octanol–water partition coefficient (Wildman–Crippen LogP) is 2.93. The van der Waals surface area contributed by atoms with Crippen molar-refractivity contribution in [3.63, 3.8) is 0 Å². The average Bonchev–Trinajstić information content (AvgIpc) is 2.76. The van der Waals surface area contributed by atoms with Crippen molar-refractivity contribution in [1.29, 1.82) is 0 Å². The van der Waals surface area contributed by atoms with Crippen LogP contribution in [0.5, 0.6) is 0 Å². The van der Waals surface area contributed by atoms with Crippen molar-refractivity contribution in [2.45, 2.75) is 51.1 Å². The molecule has 1 saturated heterocycles. The molecule has 3 heteroatoms. The molecular formula is C14H24N2O. The molecule has 2 unspecified atom stereocenters. The van der Waals surface area contributed by atoms with E-state index < -0.39 is 0 Å². The molecule has 0 saturated carbocycles. The predicted molar refractivity (Wildman–Crippen MR) is 69.8 cm³/mol. The van der Waals surface area contributed by atoms with Crippen LogP contribution in [0, 0.1) is 0 Å². The van der Waals surface area contributed by atoms with Gasteiger partial charge in [-0.25, -0.2) is 0 Å². The van der Waals surface area contributed by atoms with Crippen molar-refractivity contribution in [2.75, 3.05) is 13.1 Å². The zero-order valence-electron chi connectivity index (χ0n) is 10.8. The van der Waals surface area contributed by atoms with Crippen LogP contribution in [-0.2, 0) is 0 Å². The summed E-state index contributed by atoms with van der Waals surface area (Å²) in [6, 6.07) is 4.93. The first-order valence-corrected chi connectivity index (χ1v) is 6.86. The first-order chi connectivity index (χ1) is 8.36. The van der Waals surface area contributed by atoms with E-state index >= 15 is 0 Å². The third-order valence-electron chi connectivity index (χ3n) is 3.89. The van der Waals surface area contributed by atoms with Crippen molar-refractivity contribution in [2.24, 2.45) is 5.73 Å². The molecule has 17 heavy (non-hydrogen) atoms. The maximum atomic E-state index is 5.96. The molecule has 0 radical (unpaired) electrons. The van der Waals surface area contributed by atoms with E-state index in [1.165, 1.54) is 32.1 Å². The van der Waals surface area contributed by atoms with Crippen molar-refractivity contribution < 1.29 is 4.42 Å². The quantitative estimate of drug-likeness (QED) is 0.874. The number of furan rings is 1.